The molecule has 3 rings (SSSR count). The molecule has 1 amide bonds. The lowest BCUT2D eigenvalue weighted by Gasteiger charge is -2.28. The van der Waals surface area contributed by atoms with Crippen LogP contribution in [0.25, 0.3) is 0 Å². The Bertz CT molecular complexity index is 1000. The van der Waals surface area contributed by atoms with Gasteiger partial charge in [-0.25, -0.2) is 4.79 Å². The fourth-order valence-corrected chi connectivity index (χ4v) is 4.60. The standard InChI is InChI=1S/C26H32N2O5/c1-5-20-26(24(31)32,28(20)22(29)19(27)16-17-12-8-6-9-13-17)21(18-14-10-7-11-15-18)23(30)33-25(2,3)4/h6-15,19-21H,5,16,27H2,1-4H3,(H,31,32)/t19-,20?,21?,26-,28?/m0/s1. The van der Waals surface area contributed by atoms with E-state index in [1.54, 1.807) is 58.0 Å². The lowest BCUT2D eigenvalue weighted by molar-refractivity contribution is -0.162. The van der Waals surface area contributed by atoms with Gasteiger partial charge in [0, 0.05) is 0 Å². The van der Waals surface area contributed by atoms with Crippen LogP contribution in [-0.2, 0) is 25.5 Å². The summed E-state index contributed by atoms with van der Waals surface area (Å²) in [6.07, 6.45) is 0.632. The predicted octanol–water partition coefficient (Wildman–Crippen LogP) is 3.13. The van der Waals surface area contributed by atoms with E-state index in [-0.39, 0.29) is 6.42 Å². The van der Waals surface area contributed by atoms with Crippen molar-refractivity contribution in [1.29, 1.82) is 0 Å². The van der Waals surface area contributed by atoms with Gasteiger partial charge < -0.3 is 20.5 Å². The van der Waals surface area contributed by atoms with Gasteiger partial charge in [0.15, 0.2) is 5.54 Å². The van der Waals surface area contributed by atoms with Gasteiger partial charge in [-0.05, 0) is 44.7 Å². The van der Waals surface area contributed by atoms with Gasteiger partial charge in [-0.2, -0.15) is 0 Å². The summed E-state index contributed by atoms with van der Waals surface area (Å²) in [4.78, 5) is 40.9. The molecule has 33 heavy (non-hydrogen) atoms. The number of carbonyl (C=O) groups is 3. The van der Waals surface area contributed by atoms with Gasteiger partial charge >= 0.3 is 11.9 Å². The number of aliphatic carboxylic acids is 1. The Kier molecular flexibility index (Phi) is 6.93. The zero-order valence-corrected chi connectivity index (χ0v) is 19.5. The maximum atomic E-state index is 13.4. The number of ether oxygens (including phenoxy) is 1. The summed E-state index contributed by atoms with van der Waals surface area (Å²) in [5, 5.41) is 10.4. The second kappa shape index (κ2) is 9.35. The fourth-order valence-electron chi connectivity index (χ4n) is 4.60. The minimum absolute atomic E-state index is 0.269. The highest BCUT2D eigenvalue weighted by Gasteiger charge is 2.76. The topological polar surface area (TPSA) is 110 Å². The van der Waals surface area contributed by atoms with E-state index in [1.807, 2.05) is 30.3 Å². The third-order valence-corrected chi connectivity index (χ3v) is 5.95. The molecule has 1 aliphatic rings. The van der Waals surface area contributed by atoms with Gasteiger partial charge in [0.25, 0.3) is 0 Å². The summed E-state index contributed by atoms with van der Waals surface area (Å²) >= 11 is 0. The molecule has 0 bridgehead atoms. The number of benzene rings is 2. The number of carbonyl (C=O) groups excluding carboxylic acids is 2. The molecule has 2 unspecified atom stereocenters. The zero-order chi connectivity index (χ0) is 24.4. The molecule has 7 heteroatoms. The molecule has 0 radical (unpaired) electrons. The van der Waals surface area contributed by atoms with Crippen LogP contribution in [0.2, 0.25) is 0 Å². The van der Waals surface area contributed by atoms with Crippen LogP contribution in [0.4, 0.5) is 0 Å². The van der Waals surface area contributed by atoms with Gasteiger partial charge in [-0.1, -0.05) is 67.6 Å². The van der Waals surface area contributed by atoms with E-state index in [2.05, 4.69) is 0 Å². The van der Waals surface area contributed by atoms with Crippen molar-refractivity contribution >= 4 is 17.8 Å². The molecular weight excluding hydrogens is 420 g/mol. The Balaban J connectivity index is 2.02. The van der Waals surface area contributed by atoms with E-state index in [0.717, 1.165) is 5.56 Å². The second-order valence-corrected chi connectivity index (χ2v) is 9.44. The molecule has 0 saturated carbocycles. The Morgan fingerprint density at radius 3 is 2.09 bits per heavy atom. The summed E-state index contributed by atoms with van der Waals surface area (Å²) in [6, 6.07) is 16.3. The molecule has 1 heterocycles. The number of nitrogens with zero attached hydrogens (tertiary/aromatic N) is 1. The molecule has 176 valence electrons. The highest BCUT2D eigenvalue weighted by atomic mass is 16.6. The van der Waals surface area contributed by atoms with E-state index in [4.69, 9.17) is 10.5 Å². The van der Waals surface area contributed by atoms with Crippen molar-refractivity contribution < 1.29 is 24.2 Å². The smallest absolute Gasteiger partial charge is 0.333 e. The first-order valence-electron chi connectivity index (χ1n) is 11.2. The van der Waals surface area contributed by atoms with Crippen LogP contribution in [0.1, 0.15) is 51.2 Å². The average molecular weight is 453 g/mol. The maximum absolute atomic E-state index is 13.4. The first kappa shape index (κ1) is 24.5. The molecule has 0 aromatic heterocycles. The Morgan fingerprint density at radius 1 is 1.06 bits per heavy atom. The number of esters is 1. The molecule has 2 aromatic carbocycles. The largest absolute Gasteiger partial charge is 0.479 e. The number of amides is 1. The maximum Gasteiger partial charge on any atom is 0.333 e. The van der Waals surface area contributed by atoms with Gasteiger partial charge in [0.2, 0.25) is 5.91 Å². The molecule has 0 aliphatic carbocycles. The van der Waals surface area contributed by atoms with Gasteiger partial charge in [0.1, 0.15) is 11.5 Å². The lowest BCUT2D eigenvalue weighted by Crippen LogP contribution is -2.47. The number of carboxylic acids is 1. The number of hydrogen-bond donors (Lipinski definition) is 2. The summed E-state index contributed by atoms with van der Waals surface area (Å²) in [5.74, 6) is -3.60. The third kappa shape index (κ3) is 4.78. The van der Waals surface area contributed by atoms with E-state index in [9.17, 15) is 19.5 Å². The summed E-state index contributed by atoms with van der Waals surface area (Å²) in [5.41, 5.74) is 5.03. The van der Waals surface area contributed by atoms with Crippen LogP contribution in [0.15, 0.2) is 60.7 Å². The zero-order valence-electron chi connectivity index (χ0n) is 19.5. The van der Waals surface area contributed by atoms with E-state index < -0.39 is 47.0 Å². The highest BCUT2D eigenvalue weighted by molar-refractivity contribution is 6.02. The molecule has 2 aromatic rings. The molecule has 7 nitrogen and oxygen atoms in total. The normalized spacial score (nSPS) is 21.7. The third-order valence-electron chi connectivity index (χ3n) is 5.95. The van der Waals surface area contributed by atoms with Gasteiger partial charge in [-0.3, -0.25) is 9.59 Å². The summed E-state index contributed by atoms with van der Waals surface area (Å²) in [7, 11) is 0. The van der Waals surface area contributed by atoms with E-state index in [1.165, 1.54) is 4.90 Å². The van der Waals surface area contributed by atoms with Crippen LogP contribution in [0, 0.1) is 0 Å². The van der Waals surface area contributed by atoms with Crippen molar-refractivity contribution in [3.8, 4) is 0 Å². The first-order chi connectivity index (χ1) is 15.5. The van der Waals surface area contributed by atoms with Crippen LogP contribution >= 0.6 is 0 Å². The van der Waals surface area contributed by atoms with Crippen molar-refractivity contribution in [1.82, 2.24) is 4.90 Å². The molecule has 4 atom stereocenters. The molecule has 1 saturated heterocycles. The van der Waals surface area contributed by atoms with Crippen molar-refractivity contribution in [2.45, 2.75) is 69.7 Å². The number of nitrogens with two attached hydrogens (primary N) is 1. The van der Waals surface area contributed by atoms with Crippen molar-refractivity contribution in [3.05, 3.63) is 71.8 Å². The molecule has 0 spiro atoms. The van der Waals surface area contributed by atoms with E-state index in [0.29, 0.717) is 12.0 Å². The van der Waals surface area contributed by atoms with Crippen LogP contribution in [-0.4, -0.2) is 51.1 Å². The second-order valence-electron chi connectivity index (χ2n) is 9.44. The van der Waals surface area contributed by atoms with Gasteiger partial charge in [0.05, 0.1) is 12.1 Å². The fraction of sp³-hybridized carbons (Fsp3) is 0.423. The predicted molar refractivity (Wildman–Crippen MR) is 124 cm³/mol. The average Bonchev–Trinajstić information content (AvgIpc) is 3.43. The Morgan fingerprint density at radius 2 is 1.61 bits per heavy atom. The minimum atomic E-state index is -1.76. The van der Waals surface area contributed by atoms with Crippen LogP contribution in [0.5, 0.6) is 0 Å². The van der Waals surface area contributed by atoms with Crippen LogP contribution < -0.4 is 5.73 Å². The van der Waals surface area contributed by atoms with Crippen molar-refractivity contribution in [3.63, 3.8) is 0 Å². The van der Waals surface area contributed by atoms with Crippen molar-refractivity contribution in [2.75, 3.05) is 0 Å². The SMILES string of the molecule is CCC1N(C(=O)[C@@H](N)Cc2ccccc2)[C@]1(C(=O)O)C(C(=O)OC(C)(C)C)c1ccccc1. The summed E-state index contributed by atoms with van der Waals surface area (Å²) in [6.45, 7) is 6.98. The first-order valence-corrected chi connectivity index (χ1v) is 11.2. The van der Waals surface area contributed by atoms with Gasteiger partial charge in [-0.15, -0.1) is 0 Å². The number of carboxylic acid groups (broad SMARTS) is 1. The number of hydrogen-bond acceptors (Lipinski definition) is 5. The quantitative estimate of drug-likeness (QED) is 0.470. The number of rotatable bonds is 8. The van der Waals surface area contributed by atoms with Crippen LogP contribution in [0.3, 0.4) is 0 Å². The van der Waals surface area contributed by atoms with E-state index >= 15 is 0 Å². The molecule has 1 fully saturated rings. The monoisotopic (exact) mass is 452 g/mol. The lowest BCUT2D eigenvalue weighted by atomic mass is 9.82. The molecule has 3 N–H and O–H groups in total. The molecule has 1 aliphatic heterocycles. The molecular formula is C26H32N2O5. The highest BCUT2D eigenvalue weighted by Crippen LogP contribution is 2.54. The Labute approximate surface area is 194 Å². The summed E-state index contributed by atoms with van der Waals surface area (Å²) < 4.78 is 5.64. The van der Waals surface area contributed by atoms with Crippen molar-refractivity contribution in [2.24, 2.45) is 5.73 Å². The minimum Gasteiger partial charge on any atom is -0.479 e. The Hall–Kier alpha value is -3.19.